The Balaban J connectivity index is 1.50. The summed E-state index contributed by atoms with van der Waals surface area (Å²) in [4.78, 5) is 21.9. The van der Waals surface area contributed by atoms with E-state index in [2.05, 4.69) is 26.3 Å². The zero-order valence-electron chi connectivity index (χ0n) is 14.1. The third-order valence-corrected chi connectivity index (χ3v) is 4.34. The van der Waals surface area contributed by atoms with Crippen LogP contribution in [0, 0.1) is 0 Å². The van der Waals surface area contributed by atoms with Crippen LogP contribution in [0.2, 0.25) is 5.02 Å². The number of amides is 1. The van der Waals surface area contributed by atoms with Crippen molar-refractivity contribution in [2.75, 3.05) is 18.4 Å². The topological polar surface area (TPSA) is 90.4 Å². The number of hydrogen-bond acceptors (Lipinski definition) is 6. The summed E-state index contributed by atoms with van der Waals surface area (Å²) >= 11 is 6.04. The van der Waals surface area contributed by atoms with Crippen molar-refractivity contribution in [1.82, 2.24) is 20.3 Å². The number of rotatable bonds is 6. The van der Waals surface area contributed by atoms with E-state index in [-0.39, 0.29) is 0 Å². The lowest BCUT2D eigenvalue weighted by Crippen LogP contribution is -2.26. The SMILES string of the molecule is O=C(C=Cc1cnc(N[C@@H]2CCN(Cc3cccc(Cl)c3)C2)cn1)NO. The number of carbonyl (C=O) groups excluding carboxylic acids is 1. The molecule has 0 spiro atoms. The molecule has 0 radical (unpaired) electrons. The van der Waals surface area contributed by atoms with Crippen molar-refractivity contribution in [3.05, 3.63) is 59.0 Å². The van der Waals surface area contributed by atoms with Crippen LogP contribution in [0.15, 0.2) is 42.7 Å². The normalized spacial score (nSPS) is 17.5. The number of benzene rings is 1. The second kappa shape index (κ2) is 8.75. The minimum absolute atomic E-state index is 0.310. The van der Waals surface area contributed by atoms with Gasteiger partial charge in [-0.1, -0.05) is 23.7 Å². The lowest BCUT2D eigenvalue weighted by molar-refractivity contribution is -0.124. The average molecular weight is 374 g/mol. The molecule has 0 aliphatic carbocycles. The van der Waals surface area contributed by atoms with Crippen molar-refractivity contribution in [2.24, 2.45) is 0 Å². The molecule has 1 aliphatic heterocycles. The lowest BCUT2D eigenvalue weighted by atomic mass is 10.2. The quantitative estimate of drug-likeness (QED) is 0.409. The molecule has 1 aromatic heterocycles. The Labute approximate surface area is 156 Å². The van der Waals surface area contributed by atoms with Crippen LogP contribution in [0.5, 0.6) is 0 Å². The summed E-state index contributed by atoms with van der Waals surface area (Å²) in [5.41, 5.74) is 3.27. The Morgan fingerprint density at radius 1 is 1.38 bits per heavy atom. The number of nitrogens with zero attached hydrogens (tertiary/aromatic N) is 3. The molecule has 3 N–H and O–H groups in total. The van der Waals surface area contributed by atoms with Crippen molar-refractivity contribution >= 4 is 29.4 Å². The first kappa shape index (κ1) is 18.3. The number of hydrogen-bond donors (Lipinski definition) is 3. The fourth-order valence-corrected chi connectivity index (χ4v) is 3.11. The van der Waals surface area contributed by atoms with Gasteiger partial charge in [0.1, 0.15) is 5.82 Å². The van der Waals surface area contributed by atoms with Crippen LogP contribution < -0.4 is 10.8 Å². The molecule has 2 heterocycles. The van der Waals surface area contributed by atoms with Crippen molar-refractivity contribution < 1.29 is 10.0 Å². The van der Waals surface area contributed by atoms with Crippen LogP contribution in [0.25, 0.3) is 6.08 Å². The zero-order chi connectivity index (χ0) is 18.4. The molecule has 0 unspecified atom stereocenters. The molecular weight excluding hydrogens is 354 g/mol. The Morgan fingerprint density at radius 2 is 2.27 bits per heavy atom. The molecule has 0 bridgehead atoms. The van der Waals surface area contributed by atoms with E-state index < -0.39 is 5.91 Å². The average Bonchev–Trinajstić information content (AvgIpc) is 3.07. The molecule has 1 amide bonds. The summed E-state index contributed by atoms with van der Waals surface area (Å²) in [6.45, 7) is 2.81. The molecule has 1 atom stereocenters. The summed E-state index contributed by atoms with van der Waals surface area (Å²) in [6.07, 6.45) is 6.89. The molecule has 7 nitrogen and oxygen atoms in total. The Hall–Kier alpha value is -2.48. The summed E-state index contributed by atoms with van der Waals surface area (Å²) in [6, 6.07) is 8.25. The van der Waals surface area contributed by atoms with Gasteiger partial charge in [-0.3, -0.25) is 19.9 Å². The molecule has 136 valence electrons. The summed E-state index contributed by atoms with van der Waals surface area (Å²) < 4.78 is 0. The van der Waals surface area contributed by atoms with Gasteiger partial charge in [0.2, 0.25) is 0 Å². The highest BCUT2D eigenvalue weighted by Crippen LogP contribution is 2.18. The van der Waals surface area contributed by atoms with Gasteiger partial charge in [0, 0.05) is 36.8 Å². The van der Waals surface area contributed by atoms with Crippen LogP contribution in [0.4, 0.5) is 5.82 Å². The van der Waals surface area contributed by atoms with Crippen LogP contribution in [0.3, 0.4) is 0 Å². The van der Waals surface area contributed by atoms with E-state index in [9.17, 15) is 4.79 Å². The van der Waals surface area contributed by atoms with Crippen LogP contribution >= 0.6 is 11.6 Å². The van der Waals surface area contributed by atoms with Gasteiger partial charge in [-0.25, -0.2) is 10.5 Å². The van der Waals surface area contributed by atoms with E-state index in [0.717, 1.165) is 31.1 Å². The maximum Gasteiger partial charge on any atom is 0.267 e. The highest BCUT2D eigenvalue weighted by atomic mass is 35.5. The van der Waals surface area contributed by atoms with Gasteiger partial charge in [0.15, 0.2) is 0 Å². The highest BCUT2D eigenvalue weighted by molar-refractivity contribution is 6.30. The van der Waals surface area contributed by atoms with Crippen LogP contribution in [0.1, 0.15) is 17.7 Å². The number of likely N-dealkylation sites (tertiary alicyclic amines) is 1. The first-order chi connectivity index (χ1) is 12.6. The van der Waals surface area contributed by atoms with Crippen molar-refractivity contribution in [3.63, 3.8) is 0 Å². The number of hydroxylamine groups is 1. The van der Waals surface area contributed by atoms with E-state index in [1.165, 1.54) is 23.2 Å². The van der Waals surface area contributed by atoms with E-state index >= 15 is 0 Å². The predicted molar refractivity (Wildman–Crippen MR) is 99.8 cm³/mol. The molecule has 1 saturated heterocycles. The van der Waals surface area contributed by atoms with Gasteiger partial charge in [0.05, 0.1) is 18.1 Å². The molecule has 1 aliphatic rings. The van der Waals surface area contributed by atoms with Gasteiger partial charge in [-0.15, -0.1) is 0 Å². The van der Waals surface area contributed by atoms with Gasteiger partial charge in [0.25, 0.3) is 5.91 Å². The van der Waals surface area contributed by atoms with Crippen molar-refractivity contribution in [2.45, 2.75) is 19.0 Å². The van der Waals surface area contributed by atoms with Gasteiger partial charge < -0.3 is 5.32 Å². The lowest BCUT2D eigenvalue weighted by Gasteiger charge is -2.17. The molecule has 0 saturated carbocycles. The molecule has 26 heavy (non-hydrogen) atoms. The van der Waals surface area contributed by atoms with Crippen LogP contribution in [-0.2, 0) is 11.3 Å². The number of halogens is 1. The minimum Gasteiger partial charge on any atom is -0.365 e. The molecule has 8 heteroatoms. The van der Waals surface area contributed by atoms with E-state index in [1.807, 2.05) is 18.2 Å². The molecule has 2 aromatic rings. The maximum absolute atomic E-state index is 10.9. The fraction of sp³-hybridized carbons (Fsp3) is 0.278. The van der Waals surface area contributed by atoms with Crippen LogP contribution in [-0.4, -0.2) is 45.1 Å². The van der Waals surface area contributed by atoms with Crippen molar-refractivity contribution in [3.8, 4) is 0 Å². The Kier molecular flexibility index (Phi) is 6.17. The molecular formula is C18H20ClN5O2. The first-order valence-corrected chi connectivity index (χ1v) is 8.68. The zero-order valence-corrected chi connectivity index (χ0v) is 14.9. The van der Waals surface area contributed by atoms with Crippen molar-refractivity contribution in [1.29, 1.82) is 0 Å². The summed E-state index contributed by atoms with van der Waals surface area (Å²) in [5.74, 6) is 0.0862. The van der Waals surface area contributed by atoms with E-state index in [0.29, 0.717) is 17.6 Å². The number of anilines is 1. The maximum atomic E-state index is 10.9. The number of carbonyl (C=O) groups is 1. The molecule has 1 aromatic carbocycles. The van der Waals surface area contributed by atoms with Gasteiger partial charge >= 0.3 is 0 Å². The molecule has 3 rings (SSSR count). The second-order valence-electron chi connectivity index (χ2n) is 6.13. The summed E-state index contributed by atoms with van der Waals surface area (Å²) in [7, 11) is 0. The Morgan fingerprint density at radius 3 is 3.00 bits per heavy atom. The molecule has 1 fully saturated rings. The standard InChI is InChI=1S/C18H20ClN5O2/c19-14-3-1-2-13(8-14)11-24-7-6-16(12-24)22-17-10-20-15(9-21-17)4-5-18(25)23-26/h1-5,8-10,16,26H,6-7,11-12H2,(H,21,22)(H,23,25)/t16-/m1/s1. The first-order valence-electron chi connectivity index (χ1n) is 8.30. The number of aromatic nitrogens is 2. The number of nitrogens with one attached hydrogen (secondary N) is 2. The predicted octanol–water partition coefficient (Wildman–Crippen LogP) is 2.33. The largest absolute Gasteiger partial charge is 0.365 e. The minimum atomic E-state index is -0.611. The third kappa shape index (κ3) is 5.26. The van der Waals surface area contributed by atoms with Gasteiger partial charge in [-0.2, -0.15) is 0 Å². The summed E-state index contributed by atoms with van der Waals surface area (Å²) in [5, 5.41) is 12.6. The van der Waals surface area contributed by atoms with Gasteiger partial charge in [-0.05, 0) is 30.2 Å². The third-order valence-electron chi connectivity index (χ3n) is 4.11. The monoisotopic (exact) mass is 373 g/mol. The second-order valence-corrected chi connectivity index (χ2v) is 6.57. The fourth-order valence-electron chi connectivity index (χ4n) is 2.89. The van der Waals surface area contributed by atoms with E-state index in [1.54, 1.807) is 12.4 Å². The highest BCUT2D eigenvalue weighted by Gasteiger charge is 2.22. The smallest absolute Gasteiger partial charge is 0.267 e. The Bertz CT molecular complexity index is 781. The van der Waals surface area contributed by atoms with E-state index in [4.69, 9.17) is 16.8 Å².